The molecule has 5 atom stereocenters. The number of esters is 1. The van der Waals surface area contributed by atoms with Crippen molar-refractivity contribution >= 4 is 17.3 Å². The summed E-state index contributed by atoms with van der Waals surface area (Å²) in [5.74, 6) is 2.46. The van der Waals surface area contributed by atoms with Gasteiger partial charge in [0.1, 0.15) is 17.4 Å². The average molecular weight is 694 g/mol. The second-order valence-corrected chi connectivity index (χ2v) is 13.2. The summed E-state index contributed by atoms with van der Waals surface area (Å²) in [7, 11) is 0. The van der Waals surface area contributed by atoms with Gasteiger partial charge in [-0.05, 0) is 66.9 Å². The van der Waals surface area contributed by atoms with Gasteiger partial charge in [-0.2, -0.15) is 0 Å². The van der Waals surface area contributed by atoms with Crippen LogP contribution in [0.5, 0.6) is 11.6 Å². The van der Waals surface area contributed by atoms with Gasteiger partial charge in [0.2, 0.25) is 5.88 Å². The first-order chi connectivity index (χ1) is 21.2. The maximum absolute atomic E-state index is 14.1. The van der Waals surface area contributed by atoms with Gasteiger partial charge in [-0.3, -0.25) is 5.10 Å². The molecule has 2 aromatic heterocycles. The molecule has 0 saturated heterocycles. The van der Waals surface area contributed by atoms with Crippen LogP contribution in [0.15, 0.2) is 24.3 Å². The molecule has 1 aromatic carbocycles. The minimum Gasteiger partial charge on any atom is -0.502 e. The van der Waals surface area contributed by atoms with Gasteiger partial charge in [0.25, 0.3) is 5.69 Å². The topological polar surface area (TPSA) is 93.2 Å². The number of aromatic amines is 1. The number of hydrogen-bond donors (Lipinski definition) is 2. The Morgan fingerprint density at radius 3 is 2.33 bits per heavy atom. The van der Waals surface area contributed by atoms with E-state index in [1.807, 2.05) is 24.3 Å². The van der Waals surface area contributed by atoms with E-state index in [-0.39, 0.29) is 73.4 Å². The molecule has 1 saturated carbocycles. The van der Waals surface area contributed by atoms with E-state index in [2.05, 4.69) is 58.4 Å². The number of hydrogen-bond acceptors (Lipinski definition) is 5. The molecule has 5 unspecified atom stereocenters. The summed E-state index contributed by atoms with van der Waals surface area (Å²) in [5.41, 5.74) is 0.769. The van der Waals surface area contributed by atoms with E-state index in [4.69, 9.17) is 21.0 Å². The number of carbonyl (C=O) groups excluding carboxylic acids is 1. The number of nitrogens with zero attached hydrogens (tertiary/aromatic N) is 3. The molecule has 9 heteroatoms. The number of ether oxygens (including phenoxy) is 2. The van der Waals surface area contributed by atoms with E-state index in [0.717, 1.165) is 50.5 Å². The molecule has 3 aromatic rings. The van der Waals surface area contributed by atoms with E-state index in [9.17, 15) is 9.90 Å². The van der Waals surface area contributed by atoms with Gasteiger partial charge in [-0.15, -0.1) is 0 Å². The van der Waals surface area contributed by atoms with Crippen LogP contribution in [0.3, 0.4) is 0 Å². The first kappa shape index (κ1) is 37.1. The van der Waals surface area contributed by atoms with Crippen molar-refractivity contribution in [2.24, 2.45) is 35.5 Å². The minimum atomic E-state index is -0.598. The Morgan fingerprint density at radius 2 is 1.76 bits per heavy atom. The summed E-state index contributed by atoms with van der Waals surface area (Å²) in [6.07, 6.45) is 8.25. The number of H-pyrrole nitrogens is 1. The van der Waals surface area contributed by atoms with E-state index < -0.39 is 5.97 Å². The van der Waals surface area contributed by atoms with Crippen LogP contribution in [-0.2, 0) is 37.4 Å². The van der Waals surface area contributed by atoms with Crippen LogP contribution in [0.1, 0.15) is 110 Å². The third-order valence-corrected chi connectivity index (χ3v) is 10.2. The normalized spacial score (nSPS) is 21.8. The molecule has 2 N–H and O–H groups in total. The molecule has 4 rings (SSSR count). The first-order valence-electron chi connectivity index (χ1n) is 16.8. The number of carbonyl (C=O) groups is 1. The molecule has 45 heavy (non-hydrogen) atoms. The fourth-order valence-electron chi connectivity index (χ4n) is 6.98. The predicted molar refractivity (Wildman–Crippen MR) is 175 cm³/mol. The summed E-state index contributed by atoms with van der Waals surface area (Å²) in [6, 6.07) is 7.64. The molecule has 243 valence electrons. The van der Waals surface area contributed by atoms with Crippen molar-refractivity contribution in [2.75, 3.05) is 6.61 Å². The van der Waals surface area contributed by atoms with E-state index >= 15 is 0 Å². The van der Waals surface area contributed by atoms with Crippen molar-refractivity contribution in [3.8, 4) is 23.0 Å². The summed E-state index contributed by atoms with van der Waals surface area (Å²) < 4.78 is 14.0. The maximum Gasteiger partial charge on any atom is 0.331 e. The van der Waals surface area contributed by atoms with Crippen molar-refractivity contribution in [3.05, 3.63) is 41.2 Å². The van der Waals surface area contributed by atoms with Crippen LogP contribution in [-0.4, -0.2) is 38.4 Å². The molecule has 8 nitrogen and oxygen atoms in total. The van der Waals surface area contributed by atoms with Gasteiger partial charge in [-0.25, -0.2) is 19.1 Å². The average Bonchev–Trinajstić information content (AvgIpc) is 3.58. The van der Waals surface area contributed by atoms with E-state index in [0.29, 0.717) is 41.9 Å². The molecule has 0 amide bonds. The van der Waals surface area contributed by atoms with Crippen molar-refractivity contribution in [3.63, 3.8) is 0 Å². The maximum atomic E-state index is 14.1. The number of nitrogens with one attached hydrogen (secondary N) is 1. The summed E-state index contributed by atoms with van der Waals surface area (Å²) in [5, 5.41) is 14.2. The molecule has 0 aliphatic heterocycles. The Hall–Kier alpha value is -2.37. The third-order valence-electron chi connectivity index (χ3n) is 10.2. The van der Waals surface area contributed by atoms with Crippen molar-refractivity contribution in [1.29, 1.82) is 0 Å². The van der Waals surface area contributed by atoms with Crippen LogP contribution in [0.25, 0.3) is 21.9 Å². The van der Waals surface area contributed by atoms with Gasteiger partial charge >= 0.3 is 5.97 Å². The minimum absolute atomic E-state index is 0. The van der Waals surface area contributed by atoms with Gasteiger partial charge in [0.15, 0.2) is 11.5 Å². The summed E-state index contributed by atoms with van der Waals surface area (Å²) >= 11 is 0. The van der Waals surface area contributed by atoms with E-state index in [1.165, 1.54) is 10.9 Å². The monoisotopic (exact) mass is 693 g/mol. The second kappa shape index (κ2) is 17.0. The molecule has 2 heterocycles. The molecular weight excluding hydrogens is 641 g/mol. The zero-order valence-electron chi connectivity index (χ0n) is 28.3. The molecule has 0 spiro atoms. The van der Waals surface area contributed by atoms with Gasteiger partial charge in [0, 0.05) is 32.7 Å². The molecule has 0 bridgehead atoms. The molecular formula is C36H52N4O4Y. The van der Waals surface area contributed by atoms with Crippen molar-refractivity contribution in [2.45, 2.75) is 106 Å². The summed E-state index contributed by atoms with van der Waals surface area (Å²) in [4.78, 5) is 22.4. The Morgan fingerprint density at radius 1 is 1.11 bits per heavy atom. The third kappa shape index (κ3) is 8.14. The molecule has 1 radical (unpaired) electrons. The smallest absolute Gasteiger partial charge is 0.331 e. The first-order valence-corrected chi connectivity index (χ1v) is 16.8. The number of rotatable bonds is 14. The summed E-state index contributed by atoms with van der Waals surface area (Å²) in [6.45, 7) is 24.0. The molecule has 1 aliphatic carbocycles. The standard InChI is InChI=1S/C36H52N4O4.Y/c1-9-13-16-25(12-4)21-43-29-18-15-14-17-26(29)33-38-34-30(31(37-8)35(41)40(34)39-33)36(42)44-32-27(23(6)10-2)19-22(5)20-28(32)24(7)11-3;/h14-15,17-18,22-25,27-28,32,41H,9-13,16,19-21H2,1-7H3,(H,38,39);. The second-order valence-electron chi connectivity index (χ2n) is 13.2. The number of unbranched alkanes of at least 4 members (excludes halogenated alkanes) is 1. The Balaban J connectivity index is 0.00000552. The Labute approximate surface area is 294 Å². The number of aromatic hydroxyl groups is 1. The molecule has 1 aliphatic rings. The zero-order valence-corrected chi connectivity index (χ0v) is 31.1. The quantitative estimate of drug-likeness (QED) is 0.130. The van der Waals surface area contributed by atoms with Crippen LogP contribution in [0, 0.1) is 42.1 Å². The number of aromatic nitrogens is 3. The van der Waals surface area contributed by atoms with Gasteiger partial charge in [0.05, 0.1) is 18.7 Å². The van der Waals surface area contributed by atoms with Crippen molar-refractivity contribution < 1.29 is 52.1 Å². The number of para-hydroxylation sites is 1. The van der Waals surface area contributed by atoms with Crippen LogP contribution < -0.4 is 4.74 Å². The number of fused-ring (bicyclic) bond motifs is 1. The van der Waals surface area contributed by atoms with Gasteiger partial charge < -0.3 is 14.6 Å². The zero-order chi connectivity index (χ0) is 32.0. The fourth-order valence-corrected chi connectivity index (χ4v) is 6.98. The fraction of sp³-hybridized carbons (Fsp3) is 0.639. The molecule has 1 fully saturated rings. The largest absolute Gasteiger partial charge is 0.502 e. The number of benzene rings is 1. The van der Waals surface area contributed by atoms with E-state index in [1.54, 1.807) is 0 Å². The van der Waals surface area contributed by atoms with Crippen LogP contribution in [0.4, 0.5) is 5.69 Å². The Bertz CT molecular complexity index is 1420. The predicted octanol–water partition coefficient (Wildman–Crippen LogP) is 9.46. The van der Waals surface area contributed by atoms with Crippen molar-refractivity contribution in [1.82, 2.24) is 14.6 Å². The van der Waals surface area contributed by atoms with Crippen LogP contribution in [0.2, 0.25) is 0 Å². The SMILES string of the molecule is [C-]#[N+]c1c(C(=O)OC2C(C(C)CC)CC(C)CC2C(C)CC)c2nc(-c3ccccc3OCC(CC)CCCC)[nH]n2c1O.[Y]. The van der Waals surface area contributed by atoms with Crippen LogP contribution >= 0.6 is 0 Å². The Kier molecular flexibility index (Phi) is 14.0. The van der Waals surface area contributed by atoms with Gasteiger partial charge in [-0.1, -0.05) is 92.7 Å².